The van der Waals surface area contributed by atoms with Crippen molar-refractivity contribution in [3.8, 4) is 22.9 Å². The number of pyridine rings is 2. The first-order valence-corrected chi connectivity index (χ1v) is 15.1. The zero-order chi connectivity index (χ0) is 31.1. The molecule has 1 aromatic carbocycles. The number of aromatic nitrogens is 4. The molecule has 44 heavy (non-hydrogen) atoms. The summed E-state index contributed by atoms with van der Waals surface area (Å²) >= 11 is 7.68. The van der Waals surface area contributed by atoms with E-state index in [9.17, 15) is 20.0 Å². The van der Waals surface area contributed by atoms with Crippen molar-refractivity contribution in [3.63, 3.8) is 0 Å². The molecule has 6 rings (SSSR count). The zero-order valence-electron chi connectivity index (χ0n) is 24.1. The quantitative estimate of drug-likeness (QED) is 0.242. The van der Waals surface area contributed by atoms with Gasteiger partial charge in [-0.25, -0.2) is 14.8 Å². The highest BCUT2D eigenvalue weighted by molar-refractivity contribution is 7.18. The second kappa shape index (κ2) is 11.8. The summed E-state index contributed by atoms with van der Waals surface area (Å²) in [4.78, 5) is 41.1. The lowest BCUT2D eigenvalue weighted by Gasteiger charge is -2.20. The van der Waals surface area contributed by atoms with Crippen molar-refractivity contribution in [1.82, 2.24) is 19.5 Å². The van der Waals surface area contributed by atoms with E-state index in [1.807, 2.05) is 11.0 Å². The Kier molecular flexibility index (Phi) is 7.94. The van der Waals surface area contributed by atoms with E-state index in [1.54, 1.807) is 50.7 Å². The number of rotatable bonds is 8. The Balaban J connectivity index is 1.33. The van der Waals surface area contributed by atoms with Crippen molar-refractivity contribution in [1.29, 1.82) is 5.26 Å². The third-order valence-corrected chi connectivity index (χ3v) is 8.98. The van der Waals surface area contributed by atoms with E-state index in [0.717, 1.165) is 12.0 Å². The predicted molar refractivity (Wildman–Crippen MR) is 168 cm³/mol. The van der Waals surface area contributed by atoms with Gasteiger partial charge in [-0.2, -0.15) is 5.26 Å². The molecule has 1 aliphatic rings. The monoisotopic (exact) mass is 630 g/mol. The summed E-state index contributed by atoms with van der Waals surface area (Å²) in [5.74, 6) is 0.383. The van der Waals surface area contributed by atoms with Crippen LogP contribution in [0.25, 0.3) is 32.2 Å². The van der Waals surface area contributed by atoms with Gasteiger partial charge in [0.05, 0.1) is 45.5 Å². The molecule has 1 N–H and O–H groups in total. The molecule has 0 spiro atoms. The Labute approximate surface area is 260 Å². The van der Waals surface area contributed by atoms with Gasteiger partial charge < -0.3 is 19.5 Å². The van der Waals surface area contributed by atoms with Gasteiger partial charge in [0.1, 0.15) is 35.6 Å². The van der Waals surface area contributed by atoms with Gasteiger partial charge in [-0.05, 0) is 44.5 Å². The third kappa shape index (κ3) is 5.23. The Hall–Kier alpha value is -4.57. The van der Waals surface area contributed by atoms with Crippen LogP contribution in [-0.2, 0) is 11.3 Å². The Morgan fingerprint density at radius 3 is 2.80 bits per heavy atom. The van der Waals surface area contributed by atoms with E-state index >= 15 is 0 Å². The number of fused-ring (bicyclic) bond motifs is 2. The van der Waals surface area contributed by atoms with Crippen LogP contribution in [0.5, 0.6) is 5.75 Å². The first-order valence-electron chi connectivity index (χ1n) is 13.8. The van der Waals surface area contributed by atoms with Crippen molar-refractivity contribution in [3.05, 3.63) is 73.9 Å². The fourth-order valence-electron chi connectivity index (χ4n) is 5.61. The number of nitriles is 1. The summed E-state index contributed by atoms with van der Waals surface area (Å²) in [5, 5.41) is 22.0. The Morgan fingerprint density at radius 1 is 1.25 bits per heavy atom. The molecule has 1 saturated heterocycles. The number of aryl methyl sites for hydroxylation is 2. The molecule has 1 fully saturated rings. The second-order valence-corrected chi connectivity index (χ2v) is 11.8. The smallest absolute Gasteiger partial charge is 0.338 e. The number of aromatic carboxylic acids is 1. The first-order chi connectivity index (χ1) is 21.2. The third-order valence-electron chi connectivity index (χ3n) is 7.75. The van der Waals surface area contributed by atoms with Gasteiger partial charge in [0.2, 0.25) is 0 Å². The van der Waals surface area contributed by atoms with Crippen LogP contribution in [0.15, 0.2) is 40.6 Å². The molecule has 1 unspecified atom stereocenters. The molecule has 0 aliphatic carbocycles. The van der Waals surface area contributed by atoms with Gasteiger partial charge in [0.25, 0.3) is 5.56 Å². The van der Waals surface area contributed by atoms with Crippen LogP contribution in [0.2, 0.25) is 5.02 Å². The average Bonchev–Trinajstić information content (AvgIpc) is 3.66. The highest BCUT2D eigenvalue weighted by Gasteiger charge is 2.27. The van der Waals surface area contributed by atoms with Crippen LogP contribution in [-0.4, -0.2) is 63.5 Å². The molecule has 1 atom stereocenters. The summed E-state index contributed by atoms with van der Waals surface area (Å²) in [6, 6.07) is 9.28. The van der Waals surface area contributed by atoms with Crippen LogP contribution in [0.3, 0.4) is 0 Å². The molecular formula is C31H27ClN6O5S. The molecule has 224 valence electrons. The zero-order valence-corrected chi connectivity index (χ0v) is 25.7. The number of methoxy groups -OCH3 is 1. The number of halogens is 1. The molecule has 0 saturated carbocycles. The number of carboxylic acids is 1. The number of hydrogen-bond donors (Lipinski definition) is 1. The minimum Gasteiger partial charge on any atom is -0.491 e. The maximum atomic E-state index is 13.8. The number of anilines is 1. The lowest BCUT2D eigenvalue weighted by atomic mass is 10.0. The van der Waals surface area contributed by atoms with E-state index in [4.69, 9.17) is 21.1 Å². The van der Waals surface area contributed by atoms with Crippen molar-refractivity contribution in [2.24, 2.45) is 0 Å². The number of carboxylic acid groups (broad SMARTS) is 1. The number of nitrogens with zero attached hydrogens (tertiary/aromatic N) is 6. The molecule has 11 nitrogen and oxygen atoms in total. The molecule has 0 radical (unpaired) electrons. The van der Waals surface area contributed by atoms with Crippen LogP contribution >= 0.6 is 22.9 Å². The van der Waals surface area contributed by atoms with Crippen LogP contribution in [0.4, 0.5) is 5.82 Å². The number of hydrogen-bond acceptors (Lipinski definition) is 10. The molecule has 4 aromatic heterocycles. The van der Waals surface area contributed by atoms with E-state index in [-0.39, 0.29) is 41.3 Å². The molecule has 5 heterocycles. The van der Waals surface area contributed by atoms with Crippen LogP contribution < -0.4 is 15.2 Å². The van der Waals surface area contributed by atoms with E-state index in [0.29, 0.717) is 62.5 Å². The molecule has 1 aliphatic heterocycles. The highest BCUT2D eigenvalue weighted by Crippen LogP contribution is 2.40. The van der Waals surface area contributed by atoms with Crippen molar-refractivity contribution in [2.45, 2.75) is 32.9 Å². The fraction of sp³-hybridized carbons (Fsp3) is 0.290. The Bertz CT molecular complexity index is 2050. The number of thiophene rings is 1. The second-order valence-electron chi connectivity index (χ2n) is 10.5. The van der Waals surface area contributed by atoms with Crippen molar-refractivity contribution < 1.29 is 19.4 Å². The molecule has 0 amide bonds. The maximum Gasteiger partial charge on any atom is 0.338 e. The van der Waals surface area contributed by atoms with Gasteiger partial charge in [-0.3, -0.25) is 14.3 Å². The van der Waals surface area contributed by atoms with Gasteiger partial charge >= 0.3 is 5.97 Å². The molecule has 13 heteroatoms. The minimum absolute atomic E-state index is 0.0351. The van der Waals surface area contributed by atoms with E-state index in [1.165, 1.54) is 15.9 Å². The minimum atomic E-state index is -1.05. The van der Waals surface area contributed by atoms with E-state index in [2.05, 4.69) is 21.0 Å². The lowest BCUT2D eigenvalue weighted by Crippen LogP contribution is -2.29. The normalized spacial score (nSPS) is 14.8. The van der Waals surface area contributed by atoms with Gasteiger partial charge in [0, 0.05) is 47.4 Å². The highest BCUT2D eigenvalue weighted by atomic mass is 35.5. The van der Waals surface area contributed by atoms with Crippen LogP contribution in [0.1, 0.15) is 33.9 Å². The summed E-state index contributed by atoms with van der Waals surface area (Å²) in [5.41, 5.74) is 2.83. The summed E-state index contributed by atoms with van der Waals surface area (Å²) in [7, 11) is 1.66. The van der Waals surface area contributed by atoms with E-state index < -0.39 is 5.97 Å². The van der Waals surface area contributed by atoms with Gasteiger partial charge in [-0.1, -0.05) is 11.6 Å². The maximum absolute atomic E-state index is 13.8. The fourth-order valence-corrected chi connectivity index (χ4v) is 6.79. The SMILES string of the molecule is COC1CCN(c2ncc3nc(C)n(CCOc4ccc(Cl)cc4-c4cc(C)nc5c(C(=O)O)csc45)c(=O)c3c2C#N)C1. The van der Waals surface area contributed by atoms with Crippen molar-refractivity contribution >= 4 is 55.8 Å². The van der Waals surface area contributed by atoms with Gasteiger partial charge in [-0.15, -0.1) is 11.3 Å². The van der Waals surface area contributed by atoms with Crippen molar-refractivity contribution in [2.75, 3.05) is 31.7 Å². The summed E-state index contributed by atoms with van der Waals surface area (Å²) in [6.45, 7) is 5.06. The predicted octanol–water partition coefficient (Wildman–Crippen LogP) is 5.21. The number of benzene rings is 1. The molecular weight excluding hydrogens is 604 g/mol. The van der Waals surface area contributed by atoms with Crippen LogP contribution in [0, 0.1) is 25.2 Å². The Morgan fingerprint density at radius 2 is 2.07 bits per heavy atom. The topological polar surface area (TPSA) is 143 Å². The summed E-state index contributed by atoms with van der Waals surface area (Å²) in [6.07, 6.45) is 2.38. The average molecular weight is 631 g/mol. The summed E-state index contributed by atoms with van der Waals surface area (Å²) < 4.78 is 13.9. The molecule has 0 bridgehead atoms. The largest absolute Gasteiger partial charge is 0.491 e. The lowest BCUT2D eigenvalue weighted by molar-refractivity contribution is 0.0699. The molecule has 5 aromatic rings. The van der Waals surface area contributed by atoms with Gasteiger partial charge in [0.15, 0.2) is 0 Å². The number of ether oxygens (including phenoxy) is 2. The standard InChI is InChI=1S/C31H27ClN6O5S/c1-16-10-21(28-27(35-16)23(15-44-28)31(40)41)20-11-18(32)4-5-25(20)43-9-8-38-17(2)36-24-13-34-29(22(12-33)26(24)30(38)39)37-7-6-19(14-37)42-3/h4-5,10-11,13,15,19H,6-9,14H2,1-3H3,(H,40,41). The first kappa shape index (κ1) is 29.5. The number of carbonyl (C=O) groups is 1.